The van der Waals surface area contributed by atoms with Crippen molar-refractivity contribution in [1.29, 1.82) is 0 Å². The van der Waals surface area contributed by atoms with Gasteiger partial charge in [-0.05, 0) is 35.4 Å². The van der Waals surface area contributed by atoms with Crippen LogP contribution in [0, 0.1) is 0 Å². The summed E-state index contributed by atoms with van der Waals surface area (Å²) in [4.78, 5) is 1.62. The molecule has 3 rings (SSSR count). The van der Waals surface area contributed by atoms with Crippen LogP contribution in [0.1, 0.15) is 27.0 Å². The molecule has 0 saturated carbocycles. The monoisotopic (exact) mass is 407 g/mol. The van der Waals surface area contributed by atoms with Crippen LogP contribution in [0.3, 0.4) is 0 Å². The Balaban J connectivity index is 1.62. The zero-order valence-corrected chi connectivity index (χ0v) is 16.2. The Morgan fingerprint density at radius 3 is 2.54 bits per heavy atom. The predicted octanol–water partition coefficient (Wildman–Crippen LogP) is 4.10. The zero-order chi connectivity index (χ0) is 18.6. The van der Waals surface area contributed by atoms with Crippen LogP contribution in [-0.2, 0) is 22.3 Å². The molecule has 1 heterocycles. The average Bonchev–Trinajstić information content (AvgIpc) is 3.09. The van der Waals surface area contributed by atoms with Gasteiger partial charge in [0.15, 0.2) is 0 Å². The Labute approximate surface area is 162 Å². The van der Waals surface area contributed by atoms with Crippen molar-refractivity contribution in [3.8, 4) is 0 Å². The molecule has 0 aliphatic heterocycles. The molecule has 0 amide bonds. The van der Waals surface area contributed by atoms with Gasteiger partial charge in [0.2, 0.25) is 10.0 Å². The van der Waals surface area contributed by atoms with Crippen molar-refractivity contribution >= 4 is 33.0 Å². The summed E-state index contributed by atoms with van der Waals surface area (Å²) >= 11 is 7.28. The Hall–Kier alpha value is -1.70. The van der Waals surface area contributed by atoms with Gasteiger partial charge in [0.25, 0.3) is 0 Å². The van der Waals surface area contributed by atoms with Gasteiger partial charge in [-0.25, -0.2) is 13.1 Å². The molecule has 3 aromatic rings. The predicted molar refractivity (Wildman–Crippen MR) is 106 cm³/mol. The summed E-state index contributed by atoms with van der Waals surface area (Å²) in [6.45, 7) is 0.190. The second-order valence-corrected chi connectivity index (χ2v) is 9.27. The van der Waals surface area contributed by atoms with E-state index >= 15 is 0 Å². The second kappa shape index (κ2) is 8.33. The standard InChI is InChI=1S/C19H18ClNO3S2/c20-16-8-4-5-14(11-16)13-26(23,24)21-12-17-9-10-18(25-17)19(22)15-6-2-1-3-7-15/h1-11,19,21-22H,12-13H2. The number of thiophene rings is 1. The van der Waals surface area contributed by atoms with E-state index in [4.69, 9.17) is 11.6 Å². The van der Waals surface area contributed by atoms with Crippen LogP contribution in [-0.4, -0.2) is 13.5 Å². The number of benzene rings is 2. The minimum absolute atomic E-state index is 0.127. The van der Waals surface area contributed by atoms with E-state index in [-0.39, 0.29) is 12.3 Å². The van der Waals surface area contributed by atoms with E-state index in [1.54, 1.807) is 24.3 Å². The molecule has 0 spiro atoms. The van der Waals surface area contributed by atoms with Gasteiger partial charge in [0.05, 0.1) is 5.75 Å². The first kappa shape index (κ1) is 19.1. The second-order valence-electron chi connectivity index (χ2n) is 5.83. The first-order valence-electron chi connectivity index (χ1n) is 7.96. The molecule has 1 atom stereocenters. The summed E-state index contributed by atoms with van der Waals surface area (Å²) in [6, 6.07) is 19.8. The van der Waals surface area contributed by atoms with Crippen LogP contribution < -0.4 is 4.72 Å². The molecule has 1 aromatic heterocycles. The van der Waals surface area contributed by atoms with Gasteiger partial charge < -0.3 is 5.11 Å². The third kappa shape index (κ3) is 5.16. The lowest BCUT2D eigenvalue weighted by Gasteiger charge is -2.08. The van der Waals surface area contributed by atoms with Crippen molar-refractivity contribution in [3.63, 3.8) is 0 Å². The van der Waals surface area contributed by atoms with Crippen molar-refractivity contribution in [2.45, 2.75) is 18.4 Å². The van der Waals surface area contributed by atoms with Gasteiger partial charge in [-0.2, -0.15) is 0 Å². The smallest absolute Gasteiger partial charge is 0.216 e. The number of rotatable bonds is 7. The summed E-state index contributed by atoms with van der Waals surface area (Å²) in [5.74, 6) is -0.127. The molecule has 2 N–H and O–H groups in total. The van der Waals surface area contributed by atoms with E-state index in [2.05, 4.69) is 4.72 Å². The number of nitrogens with one attached hydrogen (secondary N) is 1. The Morgan fingerprint density at radius 1 is 1.04 bits per heavy atom. The van der Waals surface area contributed by atoms with Gasteiger partial charge in [0.1, 0.15) is 6.10 Å². The number of sulfonamides is 1. The number of aliphatic hydroxyl groups excluding tert-OH is 1. The number of aliphatic hydroxyl groups is 1. The van der Waals surface area contributed by atoms with E-state index in [0.717, 1.165) is 15.3 Å². The molecular weight excluding hydrogens is 390 g/mol. The largest absolute Gasteiger partial charge is 0.383 e. The summed E-state index contributed by atoms with van der Waals surface area (Å²) in [5, 5.41) is 10.9. The molecule has 0 radical (unpaired) electrons. The number of hydrogen-bond acceptors (Lipinski definition) is 4. The molecular formula is C19H18ClNO3S2. The minimum atomic E-state index is -3.48. The van der Waals surface area contributed by atoms with Crippen LogP contribution in [0.25, 0.3) is 0 Å². The van der Waals surface area contributed by atoms with Gasteiger partial charge in [-0.3, -0.25) is 0 Å². The van der Waals surface area contributed by atoms with Crippen molar-refractivity contribution in [1.82, 2.24) is 4.72 Å². The lowest BCUT2D eigenvalue weighted by atomic mass is 10.1. The molecule has 1 unspecified atom stereocenters. The first-order valence-corrected chi connectivity index (χ1v) is 10.8. The van der Waals surface area contributed by atoms with Gasteiger partial charge in [-0.15, -0.1) is 11.3 Å². The minimum Gasteiger partial charge on any atom is -0.383 e. The molecule has 26 heavy (non-hydrogen) atoms. The third-order valence-corrected chi connectivity index (χ3v) is 6.45. The fraction of sp³-hybridized carbons (Fsp3) is 0.158. The molecule has 0 fully saturated rings. The maximum absolute atomic E-state index is 12.2. The van der Waals surface area contributed by atoms with E-state index in [1.165, 1.54) is 11.3 Å². The van der Waals surface area contributed by atoms with Crippen LogP contribution in [0.15, 0.2) is 66.7 Å². The Bertz CT molecular complexity index is 971. The average molecular weight is 408 g/mol. The highest BCUT2D eigenvalue weighted by Crippen LogP contribution is 2.28. The Morgan fingerprint density at radius 2 is 1.81 bits per heavy atom. The highest BCUT2D eigenvalue weighted by molar-refractivity contribution is 7.88. The lowest BCUT2D eigenvalue weighted by Crippen LogP contribution is -2.24. The highest BCUT2D eigenvalue weighted by atomic mass is 35.5. The van der Waals surface area contributed by atoms with E-state index in [1.807, 2.05) is 42.5 Å². The fourth-order valence-electron chi connectivity index (χ4n) is 2.51. The van der Waals surface area contributed by atoms with E-state index in [0.29, 0.717) is 10.6 Å². The molecule has 0 bridgehead atoms. The van der Waals surface area contributed by atoms with Gasteiger partial charge in [-0.1, -0.05) is 54.1 Å². The van der Waals surface area contributed by atoms with Crippen molar-refractivity contribution in [3.05, 3.63) is 92.6 Å². The van der Waals surface area contributed by atoms with Gasteiger partial charge in [0, 0.05) is 21.3 Å². The van der Waals surface area contributed by atoms with Crippen LogP contribution in [0.5, 0.6) is 0 Å². The van der Waals surface area contributed by atoms with Crippen molar-refractivity contribution in [2.75, 3.05) is 0 Å². The Kier molecular flexibility index (Phi) is 6.11. The summed E-state index contributed by atoms with van der Waals surface area (Å²) < 4.78 is 27.1. The van der Waals surface area contributed by atoms with Crippen molar-refractivity contribution in [2.24, 2.45) is 0 Å². The van der Waals surface area contributed by atoms with Crippen molar-refractivity contribution < 1.29 is 13.5 Å². The lowest BCUT2D eigenvalue weighted by molar-refractivity contribution is 0.224. The quantitative estimate of drug-likeness (QED) is 0.619. The summed E-state index contributed by atoms with van der Waals surface area (Å²) in [6.07, 6.45) is -0.710. The van der Waals surface area contributed by atoms with E-state index < -0.39 is 16.1 Å². The van der Waals surface area contributed by atoms with Crippen LogP contribution in [0.4, 0.5) is 0 Å². The molecule has 0 aliphatic carbocycles. The van der Waals surface area contributed by atoms with Crippen LogP contribution >= 0.6 is 22.9 Å². The molecule has 0 aliphatic rings. The summed E-state index contributed by atoms with van der Waals surface area (Å²) in [7, 11) is -3.48. The fourth-order valence-corrected chi connectivity index (χ4v) is 4.88. The normalized spacial score (nSPS) is 12.8. The maximum Gasteiger partial charge on any atom is 0.216 e. The van der Waals surface area contributed by atoms with E-state index in [9.17, 15) is 13.5 Å². The molecule has 2 aromatic carbocycles. The topological polar surface area (TPSA) is 66.4 Å². The summed E-state index contributed by atoms with van der Waals surface area (Å²) in [5.41, 5.74) is 1.44. The highest BCUT2D eigenvalue weighted by Gasteiger charge is 2.15. The van der Waals surface area contributed by atoms with Gasteiger partial charge >= 0.3 is 0 Å². The SMILES string of the molecule is O=S(=O)(Cc1cccc(Cl)c1)NCc1ccc(C(O)c2ccccc2)s1. The molecule has 7 heteroatoms. The zero-order valence-electron chi connectivity index (χ0n) is 13.8. The first-order chi connectivity index (χ1) is 12.4. The molecule has 4 nitrogen and oxygen atoms in total. The molecule has 0 saturated heterocycles. The number of hydrogen-bond donors (Lipinski definition) is 2. The third-order valence-electron chi connectivity index (χ3n) is 3.78. The number of halogens is 1. The van der Waals surface area contributed by atoms with Crippen LogP contribution in [0.2, 0.25) is 5.02 Å². The molecule has 136 valence electrons. The maximum atomic E-state index is 12.2.